The molecular formula is C18H12O4. The van der Waals surface area contributed by atoms with E-state index in [-0.39, 0.29) is 22.7 Å². The predicted molar refractivity (Wildman–Crippen MR) is 81.0 cm³/mol. The van der Waals surface area contributed by atoms with E-state index < -0.39 is 5.97 Å². The molecule has 0 atom stereocenters. The maximum atomic E-state index is 12.7. The van der Waals surface area contributed by atoms with E-state index in [1.165, 1.54) is 13.0 Å². The van der Waals surface area contributed by atoms with E-state index in [9.17, 15) is 14.4 Å². The first-order valence-electron chi connectivity index (χ1n) is 6.73. The summed E-state index contributed by atoms with van der Waals surface area (Å²) in [7, 11) is 0. The van der Waals surface area contributed by atoms with Crippen molar-refractivity contribution in [3.63, 3.8) is 0 Å². The zero-order valence-corrected chi connectivity index (χ0v) is 11.8. The number of benzene rings is 2. The molecule has 0 fully saturated rings. The molecule has 0 heterocycles. The van der Waals surface area contributed by atoms with Crippen molar-refractivity contribution in [2.75, 3.05) is 0 Å². The van der Waals surface area contributed by atoms with Gasteiger partial charge in [-0.25, -0.2) is 4.79 Å². The molecule has 108 valence electrons. The van der Waals surface area contributed by atoms with Gasteiger partial charge in [0.25, 0.3) is 0 Å². The van der Waals surface area contributed by atoms with E-state index in [0.29, 0.717) is 22.3 Å². The first-order valence-corrected chi connectivity index (χ1v) is 6.73. The largest absolute Gasteiger partial charge is 0.478 e. The lowest BCUT2D eigenvalue weighted by atomic mass is 9.81. The first-order chi connectivity index (χ1) is 10.5. The molecule has 22 heavy (non-hydrogen) atoms. The lowest BCUT2D eigenvalue weighted by Gasteiger charge is -2.19. The third-order valence-corrected chi connectivity index (χ3v) is 3.69. The lowest BCUT2D eigenvalue weighted by molar-refractivity contribution is -0.132. The van der Waals surface area contributed by atoms with Crippen LogP contribution in [0.3, 0.4) is 0 Å². The summed E-state index contributed by atoms with van der Waals surface area (Å²) in [6.07, 6.45) is 1.42. The Kier molecular flexibility index (Phi) is 3.22. The average molecular weight is 292 g/mol. The van der Waals surface area contributed by atoms with Crippen LogP contribution in [0.15, 0.2) is 48.0 Å². The van der Waals surface area contributed by atoms with Crippen molar-refractivity contribution < 1.29 is 19.5 Å². The Morgan fingerprint density at radius 1 is 0.909 bits per heavy atom. The number of ketones is 2. The Hall–Kier alpha value is -3.01. The topological polar surface area (TPSA) is 71.4 Å². The fourth-order valence-electron chi connectivity index (χ4n) is 2.59. The molecule has 0 saturated heterocycles. The number of hydrogen-bond acceptors (Lipinski definition) is 3. The Labute approximate surface area is 126 Å². The SMILES string of the molecule is CC(=Cc1cccc2c1C(=O)c1ccccc1C2=O)C(=O)O. The highest BCUT2D eigenvalue weighted by molar-refractivity contribution is 6.29. The molecule has 0 aromatic heterocycles. The third-order valence-electron chi connectivity index (χ3n) is 3.69. The lowest BCUT2D eigenvalue weighted by Crippen LogP contribution is -2.21. The highest BCUT2D eigenvalue weighted by Crippen LogP contribution is 2.30. The molecule has 4 heteroatoms. The molecule has 0 bridgehead atoms. The quantitative estimate of drug-likeness (QED) is 0.737. The molecule has 1 aliphatic carbocycles. The molecule has 1 aliphatic rings. The van der Waals surface area contributed by atoms with E-state index in [2.05, 4.69) is 0 Å². The van der Waals surface area contributed by atoms with Gasteiger partial charge in [-0.3, -0.25) is 9.59 Å². The van der Waals surface area contributed by atoms with Crippen molar-refractivity contribution in [2.24, 2.45) is 0 Å². The summed E-state index contributed by atoms with van der Waals surface area (Å²) in [6.45, 7) is 1.45. The second-order valence-corrected chi connectivity index (χ2v) is 5.11. The summed E-state index contributed by atoms with van der Waals surface area (Å²) in [5.41, 5.74) is 1.88. The van der Waals surface area contributed by atoms with Gasteiger partial charge in [0, 0.05) is 27.8 Å². The minimum absolute atomic E-state index is 0.104. The zero-order chi connectivity index (χ0) is 15.9. The van der Waals surface area contributed by atoms with Gasteiger partial charge in [-0.05, 0) is 18.6 Å². The molecule has 2 aromatic rings. The van der Waals surface area contributed by atoms with Gasteiger partial charge in [0.1, 0.15) is 0 Å². The number of carbonyl (C=O) groups excluding carboxylic acids is 2. The number of carboxylic acid groups (broad SMARTS) is 1. The smallest absolute Gasteiger partial charge is 0.331 e. The minimum atomic E-state index is -1.06. The maximum absolute atomic E-state index is 12.7. The molecule has 0 unspecified atom stereocenters. The number of carbonyl (C=O) groups is 3. The van der Waals surface area contributed by atoms with E-state index in [0.717, 1.165) is 0 Å². The Morgan fingerprint density at radius 2 is 1.50 bits per heavy atom. The van der Waals surface area contributed by atoms with Crippen LogP contribution in [-0.4, -0.2) is 22.6 Å². The van der Waals surface area contributed by atoms with Crippen LogP contribution in [0.1, 0.15) is 44.3 Å². The highest BCUT2D eigenvalue weighted by Gasteiger charge is 2.30. The molecule has 0 radical (unpaired) electrons. The number of carboxylic acids is 1. The van der Waals surface area contributed by atoms with Crippen molar-refractivity contribution in [3.8, 4) is 0 Å². The van der Waals surface area contributed by atoms with Gasteiger partial charge < -0.3 is 5.11 Å². The van der Waals surface area contributed by atoms with Crippen LogP contribution in [0.2, 0.25) is 0 Å². The van der Waals surface area contributed by atoms with Crippen LogP contribution < -0.4 is 0 Å². The second-order valence-electron chi connectivity index (χ2n) is 5.11. The van der Waals surface area contributed by atoms with E-state index in [4.69, 9.17) is 5.11 Å². The van der Waals surface area contributed by atoms with Crippen molar-refractivity contribution in [2.45, 2.75) is 6.92 Å². The molecular weight excluding hydrogens is 280 g/mol. The zero-order valence-electron chi connectivity index (χ0n) is 11.8. The second kappa shape index (κ2) is 5.07. The minimum Gasteiger partial charge on any atom is -0.478 e. The monoisotopic (exact) mass is 292 g/mol. The summed E-state index contributed by atoms with van der Waals surface area (Å²) in [5.74, 6) is -1.53. The maximum Gasteiger partial charge on any atom is 0.331 e. The Balaban J connectivity index is 2.26. The van der Waals surface area contributed by atoms with Gasteiger partial charge in [-0.15, -0.1) is 0 Å². The summed E-state index contributed by atoms with van der Waals surface area (Å²) in [5, 5.41) is 9.00. The predicted octanol–water partition coefficient (Wildman–Crippen LogP) is 2.95. The van der Waals surface area contributed by atoms with Crippen LogP contribution in [0, 0.1) is 0 Å². The van der Waals surface area contributed by atoms with E-state index in [1.807, 2.05) is 0 Å². The molecule has 0 spiro atoms. The summed E-state index contributed by atoms with van der Waals surface area (Å²) < 4.78 is 0. The standard InChI is InChI=1S/C18H12O4/c1-10(18(21)22)9-11-5-4-8-14-15(11)17(20)13-7-3-2-6-12(13)16(14)19/h2-9H,1H3,(H,21,22). The van der Waals surface area contributed by atoms with Gasteiger partial charge in [0.15, 0.2) is 11.6 Å². The van der Waals surface area contributed by atoms with Crippen LogP contribution in [-0.2, 0) is 4.79 Å². The third kappa shape index (κ3) is 2.05. The van der Waals surface area contributed by atoms with Crippen molar-refractivity contribution in [1.82, 2.24) is 0 Å². The number of hydrogen-bond donors (Lipinski definition) is 1. The number of aliphatic carboxylic acids is 1. The van der Waals surface area contributed by atoms with Gasteiger partial charge in [0.2, 0.25) is 0 Å². The summed E-state index contributed by atoms with van der Waals surface area (Å²) in [4.78, 5) is 36.2. The molecule has 2 aromatic carbocycles. The van der Waals surface area contributed by atoms with Crippen molar-refractivity contribution >= 4 is 23.6 Å². The molecule has 0 saturated carbocycles. The molecule has 1 N–H and O–H groups in total. The summed E-state index contributed by atoms with van der Waals surface area (Å²) >= 11 is 0. The number of fused-ring (bicyclic) bond motifs is 2. The average Bonchev–Trinajstić information content (AvgIpc) is 2.52. The highest BCUT2D eigenvalue weighted by atomic mass is 16.4. The van der Waals surface area contributed by atoms with Crippen LogP contribution >= 0.6 is 0 Å². The van der Waals surface area contributed by atoms with Gasteiger partial charge in [0.05, 0.1) is 0 Å². The fraction of sp³-hybridized carbons (Fsp3) is 0.0556. The van der Waals surface area contributed by atoms with Gasteiger partial charge in [-0.1, -0.05) is 42.5 Å². The van der Waals surface area contributed by atoms with Gasteiger partial charge >= 0.3 is 5.97 Å². The van der Waals surface area contributed by atoms with Crippen molar-refractivity contribution in [1.29, 1.82) is 0 Å². The normalized spacial score (nSPS) is 13.6. The van der Waals surface area contributed by atoms with Crippen LogP contribution in [0.5, 0.6) is 0 Å². The van der Waals surface area contributed by atoms with E-state index in [1.54, 1.807) is 42.5 Å². The summed E-state index contributed by atoms with van der Waals surface area (Å²) in [6, 6.07) is 11.6. The molecule has 4 nitrogen and oxygen atoms in total. The van der Waals surface area contributed by atoms with Crippen LogP contribution in [0.25, 0.3) is 6.08 Å². The van der Waals surface area contributed by atoms with E-state index >= 15 is 0 Å². The Bertz CT molecular complexity index is 859. The first kappa shape index (κ1) is 13.9. The van der Waals surface area contributed by atoms with Gasteiger partial charge in [-0.2, -0.15) is 0 Å². The molecule has 3 rings (SSSR count). The fourth-order valence-corrected chi connectivity index (χ4v) is 2.59. The molecule has 0 aliphatic heterocycles. The number of rotatable bonds is 2. The Morgan fingerprint density at radius 3 is 2.14 bits per heavy atom. The molecule has 0 amide bonds. The van der Waals surface area contributed by atoms with Crippen molar-refractivity contribution in [3.05, 3.63) is 75.9 Å². The van der Waals surface area contributed by atoms with Crippen LogP contribution in [0.4, 0.5) is 0 Å².